The molecule has 0 amide bonds. The van der Waals surface area contributed by atoms with E-state index < -0.39 is 0 Å². The lowest BCUT2D eigenvalue weighted by Crippen LogP contribution is -2.00. The van der Waals surface area contributed by atoms with Crippen LogP contribution >= 0.6 is 0 Å². The lowest BCUT2D eigenvalue weighted by Gasteiger charge is -1.98. The topological polar surface area (TPSA) is 77.8 Å². The molecule has 5 nitrogen and oxygen atoms in total. The molecule has 19 heavy (non-hydrogen) atoms. The number of hydrogen-bond acceptors (Lipinski definition) is 5. The van der Waals surface area contributed by atoms with Crippen LogP contribution in [0.25, 0.3) is 22.4 Å². The van der Waals surface area contributed by atoms with Gasteiger partial charge in [-0.25, -0.2) is 0 Å². The van der Waals surface area contributed by atoms with Crippen molar-refractivity contribution in [2.24, 2.45) is 5.73 Å². The van der Waals surface area contributed by atoms with E-state index in [2.05, 4.69) is 15.2 Å². The van der Waals surface area contributed by atoms with Gasteiger partial charge in [0.05, 0.1) is 5.52 Å². The zero-order valence-electron chi connectivity index (χ0n) is 10.4. The second-order valence-corrected chi connectivity index (χ2v) is 4.30. The Kier molecular flexibility index (Phi) is 3.20. The van der Waals surface area contributed by atoms with E-state index in [4.69, 9.17) is 10.2 Å². The molecule has 0 atom stereocenters. The van der Waals surface area contributed by atoms with E-state index >= 15 is 0 Å². The van der Waals surface area contributed by atoms with Crippen LogP contribution in [0.2, 0.25) is 0 Å². The van der Waals surface area contributed by atoms with Gasteiger partial charge in [-0.2, -0.15) is 0 Å². The van der Waals surface area contributed by atoms with Crippen LogP contribution in [0.3, 0.4) is 0 Å². The number of rotatable bonds is 4. The minimum atomic E-state index is 0.540. The molecule has 2 aromatic heterocycles. The minimum absolute atomic E-state index is 0.540. The molecule has 0 radical (unpaired) electrons. The Morgan fingerprint density at radius 2 is 2.11 bits per heavy atom. The first-order valence-corrected chi connectivity index (χ1v) is 6.24. The molecule has 0 aliphatic heterocycles. The average molecular weight is 254 g/mol. The fourth-order valence-corrected chi connectivity index (χ4v) is 1.93. The van der Waals surface area contributed by atoms with Crippen molar-refractivity contribution in [1.29, 1.82) is 0 Å². The second-order valence-electron chi connectivity index (χ2n) is 4.30. The van der Waals surface area contributed by atoms with Gasteiger partial charge in [0, 0.05) is 23.6 Å². The number of hydrogen-bond donors (Lipinski definition) is 1. The summed E-state index contributed by atoms with van der Waals surface area (Å²) in [7, 11) is 0. The Morgan fingerprint density at radius 1 is 1.16 bits per heavy atom. The third-order valence-electron chi connectivity index (χ3n) is 2.91. The molecule has 2 heterocycles. The van der Waals surface area contributed by atoms with Gasteiger partial charge in [-0.1, -0.05) is 6.07 Å². The summed E-state index contributed by atoms with van der Waals surface area (Å²) in [4.78, 5) is 4.28. The molecule has 1 aromatic carbocycles. The smallest absolute Gasteiger partial charge is 0.247 e. The second kappa shape index (κ2) is 5.16. The molecule has 96 valence electrons. The number of aromatic nitrogens is 3. The monoisotopic (exact) mass is 254 g/mol. The molecule has 3 aromatic rings. The quantitative estimate of drug-likeness (QED) is 0.772. The van der Waals surface area contributed by atoms with E-state index in [1.54, 1.807) is 6.20 Å². The van der Waals surface area contributed by atoms with Crippen LogP contribution in [0, 0.1) is 0 Å². The van der Waals surface area contributed by atoms with Crippen molar-refractivity contribution in [3.8, 4) is 11.5 Å². The van der Waals surface area contributed by atoms with E-state index in [1.165, 1.54) is 0 Å². The zero-order valence-corrected chi connectivity index (χ0v) is 10.4. The van der Waals surface area contributed by atoms with Crippen molar-refractivity contribution in [1.82, 2.24) is 15.2 Å². The van der Waals surface area contributed by atoms with Crippen LogP contribution in [-0.2, 0) is 6.42 Å². The Hall–Kier alpha value is -2.27. The summed E-state index contributed by atoms with van der Waals surface area (Å²) < 4.78 is 5.62. The number of benzene rings is 1. The zero-order chi connectivity index (χ0) is 13.1. The molecule has 0 aliphatic rings. The van der Waals surface area contributed by atoms with E-state index in [0.717, 1.165) is 29.3 Å². The van der Waals surface area contributed by atoms with Crippen LogP contribution in [-0.4, -0.2) is 21.7 Å². The normalized spacial score (nSPS) is 11.0. The largest absolute Gasteiger partial charge is 0.421 e. The first-order valence-electron chi connectivity index (χ1n) is 6.24. The highest BCUT2D eigenvalue weighted by molar-refractivity contribution is 5.82. The maximum absolute atomic E-state index is 5.62. The van der Waals surface area contributed by atoms with Gasteiger partial charge in [0.2, 0.25) is 11.8 Å². The van der Waals surface area contributed by atoms with Crippen LogP contribution in [0.15, 0.2) is 40.9 Å². The van der Waals surface area contributed by atoms with Crippen molar-refractivity contribution in [3.05, 3.63) is 42.4 Å². The molecule has 2 N–H and O–H groups in total. The van der Waals surface area contributed by atoms with Crippen LogP contribution < -0.4 is 5.73 Å². The molecular weight excluding hydrogens is 240 g/mol. The summed E-state index contributed by atoms with van der Waals surface area (Å²) in [6, 6.07) is 9.82. The van der Waals surface area contributed by atoms with Crippen LogP contribution in [0.1, 0.15) is 12.3 Å². The van der Waals surface area contributed by atoms with E-state index in [9.17, 15) is 0 Å². The summed E-state index contributed by atoms with van der Waals surface area (Å²) in [5.74, 6) is 1.17. The molecule has 0 spiro atoms. The maximum Gasteiger partial charge on any atom is 0.247 e. The fourth-order valence-electron chi connectivity index (χ4n) is 1.93. The summed E-state index contributed by atoms with van der Waals surface area (Å²) in [6.45, 7) is 0.624. The van der Waals surface area contributed by atoms with E-state index in [-0.39, 0.29) is 0 Å². The van der Waals surface area contributed by atoms with Gasteiger partial charge in [0.15, 0.2) is 0 Å². The van der Waals surface area contributed by atoms with Gasteiger partial charge in [-0.3, -0.25) is 4.98 Å². The SMILES string of the molecule is NCCCc1nnc(-c2ccc3ncccc3c2)o1. The maximum atomic E-state index is 5.62. The summed E-state index contributed by atoms with van der Waals surface area (Å²) in [5, 5.41) is 9.15. The molecule has 3 rings (SSSR count). The van der Waals surface area contributed by atoms with E-state index in [0.29, 0.717) is 18.3 Å². The van der Waals surface area contributed by atoms with Gasteiger partial charge in [-0.15, -0.1) is 10.2 Å². The first kappa shape index (κ1) is 11.8. The highest BCUT2D eigenvalue weighted by Gasteiger charge is 2.08. The average Bonchev–Trinajstić information content (AvgIpc) is 2.93. The van der Waals surface area contributed by atoms with Gasteiger partial charge >= 0.3 is 0 Å². The van der Waals surface area contributed by atoms with Gasteiger partial charge < -0.3 is 10.2 Å². The fraction of sp³-hybridized carbons (Fsp3) is 0.214. The van der Waals surface area contributed by atoms with Gasteiger partial charge in [-0.05, 0) is 37.2 Å². The number of nitrogens with zero attached hydrogens (tertiary/aromatic N) is 3. The molecule has 0 saturated heterocycles. The molecule has 0 aliphatic carbocycles. The summed E-state index contributed by atoms with van der Waals surface area (Å²) in [6.07, 6.45) is 3.35. The Balaban J connectivity index is 1.92. The molecule has 5 heteroatoms. The first-order chi connectivity index (χ1) is 9.36. The summed E-state index contributed by atoms with van der Waals surface area (Å²) >= 11 is 0. The van der Waals surface area contributed by atoms with Gasteiger partial charge in [0.1, 0.15) is 0 Å². The third-order valence-corrected chi connectivity index (χ3v) is 2.91. The Bertz CT molecular complexity index is 692. The molecule has 0 bridgehead atoms. The van der Waals surface area contributed by atoms with Crippen LogP contribution in [0.4, 0.5) is 0 Å². The number of pyridine rings is 1. The van der Waals surface area contributed by atoms with Crippen molar-refractivity contribution in [2.75, 3.05) is 6.54 Å². The van der Waals surface area contributed by atoms with Crippen LogP contribution in [0.5, 0.6) is 0 Å². The van der Waals surface area contributed by atoms with Gasteiger partial charge in [0.25, 0.3) is 0 Å². The highest BCUT2D eigenvalue weighted by Crippen LogP contribution is 2.22. The minimum Gasteiger partial charge on any atom is -0.421 e. The van der Waals surface area contributed by atoms with Crippen molar-refractivity contribution >= 4 is 10.9 Å². The molecular formula is C14H14N4O. The van der Waals surface area contributed by atoms with E-state index in [1.807, 2.05) is 30.3 Å². The predicted molar refractivity (Wildman–Crippen MR) is 72.4 cm³/mol. The summed E-state index contributed by atoms with van der Waals surface area (Å²) in [5.41, 5.74) is 7.32. The number of aryl methyl sites for hydroxylation is 1. The lowest BCUT2D eigenvalue weighted by atomic mass is 10.1. The lowest BCUT2D eigenvalue weighted by molar-refractivity contribution is 0.499. The Labute approximate surface area is 110 Å². The molecule has 0 saturated carbocycles. The standard InChI is InChI=1S/C14H14N4O/c15-7-1-4-13-17-18-14(19-13)11-5-6-12-10(9-11)3-2-8-16-12/h2-3,5-6,8-9H,1,4,7,15H2. The van der Waals surface area contributed by atoms with Crippen molar-refractivity contribution < 1.29 is 4.42 Å². The van der Waals surface area contributed by atoms with Crippen molar-refractivity contribution in [3.63, 3.8) is 0 Å². The third kappa shape index (κ3) is 2.46. The number of fused-ring (bicyclic) bond motifs is 1. The molecule has 0 fully saturated rings. The number of nitrogens with two attached hydrogens (primary N) is 1. The molecule has 0 unspecified atom stereocenters. The van der Waals surface area contributed by atoms with Crippen molar-refractivity contribution in [2.45, 2.75) is 12.8 Å². The highest BCUT2D eigenvalue weighted by atomic mass is 16.4. The Morgan fingerprint density at radius 3 is 3.00 bits per heavy atom. The predicted octanol–water partition coefficient (Wildman–Crippen LogP) is 2.18.